The van der Waals surface area contributed by atoms with Crippen LogP contribution in [0.3, 0.4) is 0 Å². The highest BCUT2D eigenvalue weighted by atomic mass is 32.1. The molecule has 2 aromatic heterocycles. The molecule has 152 valence electrons. The predicted octanol–water partition coefficient (Wildman–Crippen LogP) is 3.88. The van der Waals surface area contributed by atoms with E-state index in [2.05, 4.69) is 28.3 Å². The summed E-state index contributed by atoms with van der Waals surface area (Å²) in [7, 11) is 0. The van der Waals surface area contributed by atoms with Gasteiger partial charge in [-0.2, -0.15) is 0 Å². The Morgan fingerprint density at radius 2 is 1.90 bits per heavy atom. The lowest BCUT2D eigenvalue weighted by molar-refractivity contribution is 0.412. The maximum absolute atomic E-state index is 12.9. The Bertz CT molecular complexity index is 1360. The van der Waals surface area contributed by atoms with Gasteiger partial charge in [-0.15, -0.1) is 0 Å². The zero-order valence-electron chi connectivity index (χ0n) is 16.5. The van der Waals surface area contributed by atoms with E-state index in [1.54, 1.807) is 0 Å². The Hall–Kier alpha value is -3.16. The summed E-state index contributed by atoms with van der Waals surface area (Å²) in [5.41, 5.74) is 4.88. The second kappa shape index (κ2) is 7.27. The van der Waals surface area contributed by atoms with E-state index in [1.165, 1.54) is 15.7 Å². The molecule has 0 spiro atoms. The molecule has 0 fully saturated rings. The lowest BCUT2D eigenvalue weighted by Gasteiger charge is -2.25. The highest BCUT2D eigenvalue weighted by Gasteiger charge is 2.30. The van der Waals surface area contributed by atoms with Gasteiger partial charge in [0.2, 0.25) is 5.88 Å². The number of para-hydroxylation sites is 1. The minimum absolute atomic E-state index is 0.142. The normalized spacial score (nSPS) is 16.0. The molecule has 1 atom stereocenters. The zero-order chi connectivity index (χ0) is 20.8. The largest absolute Gasteiger partial charge is 0.494 e. The fraction of sp³-hybridized carbons (Fsp3) is 0.217. The highest BCUT2D eigenvalue weighted by molar-refractivity contribution is 7.71. The molecular formula is C23H22N4O2S. The van der Waals surface area contributed by atoms with Gasteiger partial charge in [0.05, 0.1) is 11.7 Å². The van der Waals surface area contributed by atoms with Crippen LogP contribution < -0.4 is 10.9 Å². The SMILES string of the molecule is CCc1ccc(-n2c(O)c([C@@H]3NCCc4c3[nH]c3ccccc43)c(=O)[nH]c2=S)cc1. The maximum Gasteiger partial charge on any atom is 0.260 e. The van der Waals surface area contributed by atoms with Gasteiger partial charge in [-0.25, -0.2) is 0 Å². The van der Waals surface area contributed by atoms with Gasteiger partial charge in [-0.1, -0.05) is 37.3 Å². The van der Waals surface area contributed by atoms with Crippen molar-refractivity contribution in [2.24, 2.45) is 0 Å². The Labute approximate surface area is 178 Å². The number of hydrogen-bond donors (Lipinski definition) is 4. The highest BCUT2D eigenvalue weighted by Crippen LogP contribution is 2.35. The standard InChI is InChI=1S/C23H22N4O2S/c1-2-13-7-9-14(10-8-13)27-22(29)18(21(28)26-23(27)30)20-19-16(11-12-24-20)15-5-3-4-6-17(15)25-19/h3-10,20,24-25,29H,2,11-12H2,1H3,(H,26,28,30)/t20-/m0/s1. The number of aromatic amines is 2. The van der Waals surface area contributed by atoms with Crippen LogP contribution in [0.2, 0.25) is 0 Å². The molecule has 0 saturated heterocycles. The molecule has 6 nitrogen and oxygen atoms in total. The van der Waals surface area contributed by atoms with Gasteiger partial charge < -0.3 is 15.4 Å². The molecule has 0 amide bonds. The van der Waals surface area contributed by atoms with E-state index in [1.807, 2.05) is 42.5 Å². The second-order valence-electron chi connectivity index (χ2n) is 7.55. The monoisotopic (exact) mass is 418 g/mol. The average molecular weight is 419 g/mol. The number of benzene rings is 2. The summed E-state index contributed by atoms with van der Waals surface area (Å²) in [6.45, 7) is 2.79. The van der Waals surface area contributed by atoms with Crippen molar-refractivity contribution in [2.75, 3.05) is 6.54 Å². The molecule has 0 unspecified atom stereocenters. The summed E-state index contributed by atoms with van der Waals surface area (Å²) in [5.74, 6) is -0.142. The number of aryl methyl sites for hydroxylation is 1. The van der Waals surface area contributed by atoms with E-state index in [4.69, 9.17) is 12.2 Å². The Morgan fingerprint density at radius 1 is 1.13 bits per heavy atom. The van der Waals surface area contributed by atoms with E-state index in [0.29, 0.717) is 12.2 Å². The molecule has 4 N–H and O–H groups in total. The third-order valence-electron chi connectivity index (χ3n) is 5.87. The van der Waals surface area contributed by atoms with Crippen LogP contribution in [-0.4, -0.2) is 26.2 Å². The number of nitrogens with one attached hydrogen (secondary N) is 3. The second-order valence-corrected chi connectivity index (χ2v) is 7.94. The van der Waals surface area contributed by atoms with E-state index >= 15 is 0 Å². The van der Waals surface area contributed by atoms with Gasteiger partial charge >= 0.3 is 0 Å². The topological polar surface area (TPSA) is 85.8 Å². The van der Waals surface area contributed by atoms with Crippen molar-refractivity contribution in [1.82, 2.24) is 19.9 Å². The molecular weight excluding hydrogens is 396 g/mol. The van der Waals surface area contributed by atoms with Crippen LogP contribution in [0.15, 0.2) is 53.3 Å². The predicted molar refractivity (Wildman–Crippen MR) is 120 cm³/mol. The molecule has 30 heavy (non-hydrogen) atoms. The quantitative estimate of drug-likeness (QED) is 0.381. The Morgan fingerprint density at radius 3 is 2.67 bits per heavy atom. The molecule has 1 aliphatic rings. The van der Waals surface area contributed by atoms with Crippen molar-refractivity contribution < 1.29 is 5.11 Å². The van der Waals surface area contributed by atoms with Gasteiger partial charge in [-0.3, -0.25) is 14.3 Å². The summed E-state index contributed by atoms with van der Waals surface area (Å²) in [5, 5.41) is 15.7. The van der Waals surface area contributed by atoms with Crippen molar-refractivity contribution in [1.29, 1.82) is 0 Å². The van der Waals surface area contributed by atoms with E-state index < -0.39 is 6.04 Å². The number of H-pyrrole nitrogens is 2. The molecule has 0 aliphatic carbocycles. The zero-order valence-corrected chi connectivity index (χ0v) is 17.3. The molecule has 0 radical (unpaired) electrons. The van der Waals surface area contributed by atoms with Gasteiger partial charge in [0.1, 0.15) is 5.56 Å². The van der Waals surface area contributed by atoms with Crippen LogP contribution in [0.1, 0.15) is 35.3 Å². The van der Waals surface area contributed by atoms with Gasteiger partial charge in [0.25, 0.3) is 5.56 Å². The van der Waals surface area contributed by atoms with Crippen LogP contribution in [0.5, 0.6) is 5.88 Å². The minimum atomic E-state index is -0.457. The first kappa shape index (κ1) is 18.8. The number of rotatable bonds is 3. The molecule has 4 aromatic rings. The number of fused-ring (bicyclic) bond motifs is 3. The summed E-state index contributed by atoms with van der Waals surface area (Å²) < 4.78 is 1.68. The molecule has 5 rings (SSSR count). The fourth-order valence-corrected chi connectivity index (χ4v) is 4.63. The molecule has 0 bridgehead atoms. The number of nitrogens with zero attached hydrogens (tertiary/aromatic N) is 1. The molecule has 0 saturated carbocycles. The van der Waals surface area contributed by atoms with Crippen LogP contribution in [0, 0.1) is 4.77 Å². The number of aromatic hydroxyl groups is 1. The lowest BCUT2D eigenvalue weighted by Crippen LogP contribution is -2.35. The minimum Gasteiger partial charge on any atom is -0.494 e. The van der Waals surface area contributed by atoms with Gasteiger partial charge in [0.15, 0.2) is 4.77 Å². The first-order chi connectivity index (χ1) is 14.6. The molecule has 2 aromatic carbocycles. The Kier molecular flexibility index (Phi) is 4.56. The number of hydrogen-bond acceptors (Lipinski definition) is 4. The summed E-state index contributed by atoms with van der Waals surface area (Å²) in [6.07, 6.45) is 1.77. The van der Waals surface area contributed by atoms with E-state index in [9.17, 15) is 9.90 Å². The van der Waals surface area contributed by atoms with Crippen molar-refractivity contribution in [3.63, 3.8) is 0 Å². The summed E-state index contributed by atoms with van der Waals surface area (Å²) >= 11 is 5.38. The van der Waals surface area contributed by atoms with Crippen molar-refractivity contribution in [3.05, 3.63) is 86.0 Å². The van der Waals surface area contributed by atoms with E-state index in [-0.39, 0.29) is 21.8 Å². The third-order valence-corrected chi connectivity index (χ3v) is 6.16. The van der Waals surface area contributed by atoms with Crippen LogP contribution >= 0.6 is 12.2 Å². The van der Waals surface area contributed by atoms with Crippen molar-refractivity contribution in [3.8, 4) is 11.6 Å². The maximum atomic E-state index is 12.9. The van der Waals surface area contributed by atoms with Crippen LogP contribution in [-0.2, 0) is 12.8 Å². The smallest absolute Gasteiger partial charge is 0.260 e. The van der Waals surface area contributed by atoms with Crippen LogP contribution in [0.25, 0.3) is 16.6 Å². The third kappa shape index (κ3) is 2.89. The average Bonchev–Trinajstić information content (AvgIpc) is 3.13. The number of aromatic nitrogens is 3. The van der Waals surface area contributed by atoms with Gasteiger partial charge in [0, 0.05) is 23.1 Å². The van der Waals surface area contributed by atoms with E-state index in [0.717, 1.165) is 29.4 Å². The van der Waals surface area contributed by atoms with Crippen molar-refractivity contribution in [2.45, 2.75) is 25.8 Å². The van der Waals surface area contributed by atoms with Gasteiger partial charge in [-0.05, 0) is 54.4 Å². The fourth-order valence-electron chi connectivity index (χ4n) is 4.35. The first-order valence-corrected chi connectivity index (χ1v) is 10.5. The molecule has 3 heterocycles. The Balaban J connectivity index is 1.71. The molecule has 1 aliphatic heterocycles. The lowest BCUT2D eigenvalue weighted by atomic mass is 9.95. The van der Waals surface area contributed by atoms with Crippen LogP contribution in [0.4, 0.5) is 0 Å². The summed E-state index contributed by atoms with van der Waals surface area (Å²) in [4.78, 5) is 19.1. The first-order valence-electron chi connectivity index (χ1n) is 10.1. The van der Waals surface area contributed by atoms with Crippen molar-refractivity contribution >= 4 is 23.1 Å². The summed E-state index contributed by atoms with van der Waals surface area (Å²) in [6, 6.07) is 15.4. The molecule has 7 heteroatoms.